The predicted octanol–water partition coefficient (Wildman–Crippen LogP) is 4.18. The maximum atomic E-state index is 12.8. The molecule has 2 aromatic carbocycles. The molecule has 192 valence electrons. The number of halogens is 1. The Bertz CT molecular complexity index is 960. The van der Waals surface area contributed by atoms with Crippen molar-refractivity contribution in [1.82, 2.24) is 10.2 Å². The maximum absolute atomic E-state index is 12.8. The lowest BCUT2D eigenvalue weighted by atomic mass is 9.91. The molecule has 6 nitrogen and oxygen atoms in total. The number of likely N-dealkylation sites (N-methyl/N-ethyl adjacent to an activating group) is 1. The molecule has 4 N–H and O–H groups in total. The maximum Gasteiger partial charge on any atom is 0.225 e. The Morgan fingerprint density at radius 2 is 2.06 bits per heavy atom. The molecule has 0 radical (unpaired) electrons. The second-order valence-electron chi connectivity index (χ2n) is 9.56. The molecule has 1 aliphatic rings. The van der Waals surface area contributed by atoms with Crippen molar-refractivity contribution in [3.05, 3.63) is 58.6 Å². The number of aliphatic hydroxyl groups excluding tert-OH is 1. The molecule has 1 aliphatic carbocycles. The monoisotopic (exact) mass is 501 g/mol. The summed E-state index contributed by atoms with van der Waals surface area (Å²) in [5.74, 6) is -0.151. The highest BCUT2D eigenvalue weighted by molar-refractivity contribution is 6.33. The molecule has 1 saturated carbocycles. The standard InChI is InChI=1S/C28H40ClN3O3/c1-4-19-8-5-9-20(16-19)27-22(10-6-11-23(27)29)25(12-7-15-35-3)31-13-14-32(2)28(34)21-17-24(30)26(33)18-21/h5-6,8-11,16,21,24-26,31,33H,4,7,12-15,17-18,30H2,1-3H3/t21-,24+,25?,26-/m0/s1. The fraction of sp³-hybridized carbons (Fsp3) is 0.536. The van der Waals surface area contributed by atoms with E-state index in [0.717, 1.165) is 41.0 Å². The van der Waals surface area contributed by atoms with Crippen molar-refractivity contribution in [3.8, 4) is 11.1 Å². The van der Waals surface area contributed by atoms with Gasteiger partial charge in [0.15, 0.2) is 0 Å². The second kappa shape index (κ2) is 13.4. The van der Waals surface area contributed by atoms with Gasteiger partial charge in [-0.05, 0) is 54.9 Å². The number of benzene rings is 2. The number of ether oxygens (including phenoxy) is 1. The summed E-state index contributed by atoms with van der Waals surface area (Å²) >= 11 is 6.75. The van der Waals surface area contributed by atoms with Crippen LogP contribution in [0.3, 0.4) is 0 Å². The van der Waals surface area contributed by atoms with E-state index in [-0.39, 0.29) is 23.9 Å². The zero-order chi connectivity index (χ0) is 25.4. The van der Waals surface area contributed by atoms with Gasteiger partial charge in [0.2, 0.25) is 5.91 Å². The highest BCUT2D eigenvalue weighted by atomic mass is 35.5. The van der Waals surface area contributed by atoms with Gasteiger partial charge in [-0.25, -0.2) is 0 Å². The van der Waals surface area contributed by atoms with E-state index in [4.69, 9.17) is 22.1 Å². The first-order valence-corrected chi connectivity index (χ1v) is 13.0. The third kappa shape index (κ3) is 7.28. The molecular formula is C28H40ClN3O3. The Morgan fingerprint density at radius 1 is 1.29 bits per heavy atom. The van der Waals surface area contributed by atoms with Crippen LogP contribution in [0.1, 0.15) is 49.8 Å². The highest BCUT2D eigenvalue weighted by Gasteiger charge is 2.35. The van der Waals surface area contributed by atoms with Gasteiger partial charge in [-0.3, -0.25) is 4.79 Å². The summed E-state index contributed by atoms with van der Waals surface area (Å²) in [6, 6.07) is 14.4. The van der Waals surface area contributed by atoms with Crippen molar-refractivity contribution in [3.63, 3.8) is 0 Å². The lowest BCUT2D eigenvalue weighted by molar-refractivity contribution is -0.134. The summed E-state index contributed by atoms with van der Waals surface area (Å²) < 4.78 is 5.31. The minimum Gasteiger partial charge on any atom is -0.391 e. The lowest BCUT2D eigenvalue weighted by Crippen LogP contribution is -2.38. The van der Waals surface area contributed by atoms with Gasteiger partial charge in [0, 0.05) is 62.4 Å². The van der Waals surface area contributed by atoms with Crippen molar-refractivity contribution >= 4 is 17.5 Å². The lowest BCUT2D eigenvalue weighted by Gasteiger charge is -2.26. The molecule has 0 aromatic heterocycles. The zero-order valence-corrected chi connectivity index (χ0v) is 21.9. The van der Waals surface area contributed by atoms with Crippen LogP contribution in [0.25, 0.3) is 11.1 Å². The SMILES string of the molecule is CCc1cccc(-c2c(Cl)cccc2C(CCCOC)NCCN(C)C(=O)[C@H]2C[C@@H](N)[C@@H](O)C2)c1. The number of aliphatic hydroxyl groups is 1. The number of carbonyl (C=O) groups excluding carboxylic acids is 1. The third-order valence-corrected chi connectivity index (χ3v) is 7.34. The molecule has 0 spiro atoms. The number of hydrogen-bond acceptors (Lipinski definition) is 5. The number of nitrogens with two attached hydrogens (primary N) is 1. The van der Waals surface area contributed by atoms with E-state index in [2.05, 4.69) is 42.6 Å². The van der Waals surface area contributed by atoms with E-state index in [1.165, 1.54) is 5.56 Å². The van der Waals surface area contributed by atoms with Crippen LogP contribution in [-0.4, -0.2) is 61.9 Å². The molecule has 4 atom stereocenters. The first-order valence-electron chi connectivity index (χ1n) is 12.6. The van der Waals surface area contributed by atoms with Crippen LogP contribution in [0.2, 0.25) is 5.02 Å². The molecule has 35 heavy (non-hydrogen) atoms. The third-order valence-electron chi connectivity index (χ3n) is 7.03. The van der Waals surface area contributed by atoms with Crippen molar-refractivity contribution in [1.29, 1.82) is 0 Å². The van der Waals surface area contributed by atoms with E-state index >= 15 is 0 Å². The van der Waals surface area contributed by atoms with Gasteiger partial charge >= 0.3 is 0 Å². The Hall–Kier alpha value is -1.96. The fourth-order valence-corrected chi connectivity index (χ4v) is 5.25. The Morgan fingerprint density at radius 3 is 2.74 bits per heavy atom. The number of hydrogen-bond donors (Lipinski definition) is 3. The number of nitrogens with zero attached hydrogens (tertiary/aromatic N) is 1. The average Bonchev–Trinajstić information content (AvgIpc) is 3.20. The van der Waals surface area contributed by atoms with Gasteiger partial charge in [-0.2, -0.15) is 0 Å². The van der Waals surface area contributed by atoms with E-state index in [1.807, 2.05) is 19.2 Å². The molecule has 0 saturated heterocycles. The number of rotatable bonds is 12. The summed E-state index contributed by atoms with van der Waals surface area (Å²) in [6.45, 7) is 4.05. The van der Waals surface area contributed by atoms with Crippen molar-refractivity contribution in [2.24, 2.45) is 11.7 Å². The van der Waals surface area contributed by atoms with E-state index in [9.17, 15) is 9.90 Å². The van der Waals surface area contributed by atoms with Gasteiger partial charge in [0.05, 0.1) is 6.10 Å². The molecule has 1 fully saturated rings. The minimum absolute atomic E-state index is 0.0505. The number of carbonyl (C=O) groups is 1. The van der Waals surface area contributed by atoms with E-state index in [1.54, 1.807) is 12.0 Å². The first-order chi connectivity index (χ1) is 16.8. The normalized spacial score (nSPS) is 20.7. The molecule has 0 bridgehead atoms. The molecule has 1 amide bonds. The number of aryl methyl sites for hydroxylation is 1. The molecule has 2 aromatic rings. The van der Waals surface area contributed by atoms with Crippen LogP contribution in [-0.2, 0) is 16.0 Å². The fourth-order valence-electron chi connectivity index (χ4n) is 4.96. The first kappa shape index (κ1) is 27.6. The summed E-state index contributed by atoms with van der Waals surface area (Å²) in [7, 11) is 3.54. The molecule has 0 aliphatic heterocycles. The summed E-state index contributed by atoms with van der Waals surface area (Å²) in [6.07, 6.45) is 3.15. The zero-order valence-electron chi connectivity index (χ0n) is 21.2. The van der Waals surface area contributed by atoms with Crippen LogP contribution in [0.5, 0.6) is 0 Å². The van der Waals surface area contributed by atoms with Crippen LogP contribution >= 0.6 is 11.6 Å². The number of nitrogens with one attached hydrogen (secondary N) is 1. The Labute approximate surface area is 214 Å². The predicted molar refractivity (Wildman–Crippen MR) is 142 cm³/mol. The molecule has 3 rings (SSSR count). The summed E-state index contributed by atoms with van der Waals surface area (Å²) in [4.78, 5) is 14.6. The number of methoxy groups -OCH3 is 1. The molecule has 7 heteroatoms. The average molecular weight is 502 g/mol. The molecule has 0 heterocycles. The summed E-state index contributed by atoms with van der Waals surface area (Å²) in [5, 5.41) is 14.3. The van der Waals surface area contributed by atoms with E-state index in [0.29, 0.717) is 32.5 Å². The van der Waals surface area contributed by atoms with Gasteiger partial charge in [-0.15, -0.1) is 0 Å². The second-order valence-corrected chi connectivity index (χ2v) is 9.97. The van der Waals surface area contributed by atoms with Crippen molar-refractivity contribution < 1.29 is 14.6 Å². The van der Waals surface area contributed by atoms with Crippen LogP contribution in [0.4, 0.5) is 0 Å². The largest absolute Gasteiger partial charge is 0.391 e. The smallest absolute Gasteiger partial charge is 0.225 e. The number of amides is 1. The Balaban J connectivity index is 1.75. The van der Waals surface area contributed by atoms with Crippen molar-refractivity contribution in [2.45, 2.75) is 57.2 Å². The van der Waals surface area contributed by atoms with Gasteiger partial charge in [0.25, 0.3) is 0 Å². The minimum atomic E-state index is -0.590. The van der Waals surface area contributed by atoms with Crippen LogP contribution in [0, 0.1) is 5.92 Å². The van der Waals surface area contributed by atoms with Crippen molar-refractivity contribution in [2.75, 3.05) is 33.9 Å². The van der Waals surface area contributed by atoms with Crippen LogP contribution in [0.15, 0.2) is 42.5 Å². The van der Waals surface area contributed by atoms with Crippen LogP contribution < -0.4 is 11.1 Å². The summed E-state index contributed by atoms with van der Waals surface area (Å²) in [5.41, 5.74) is 10.5. The quantitative estimate of drug-likeness (QED) is 0.380. The van der Waals surface area contributed by atoms with Gasteiger partial charge < -0.3 is 25.8 Å². The highest BCUT2D eigenvalue weighted by Crippen LogP contribution is 2.36. The van der Waals surface area contributed by atoms with E-state index < -0.39 is 6.10 Å². The van der Waals surface area contributed by atoms with Gasteiger partial charge in [-0.1, -0.05) is 54.9 Å². The molecular weight excluding hydrogens is 462 g/mol. The van der Waals surface area contributed by atoms with Gasteiger partial charge in [0.1, 0.15) is 0 Å². The Kier molecular flexibility index (Phi) is 10.6. The molecule has 1 unspecified atom stereocenters. The topological polar surface area (TPSA) is 87.8 Å².